The van der Waals surface area contributed by atoms with Crippen molar-refractivity contribution in [1.82, 2.24) is 9.55 Å². The Morgan fingerprint density at radius 2 is 2.10 bits per heavy atom. The van der Waals surface area contributed by atoms with Gasteiger partial charge in [-0.2, -0.15) is 0 Å². The number of imidazole rings is 1. The summed E-state index contributed by atoms with van der Waals surface area (Å²) in [7, 11) is 0. The number of alkyl halides is 3. The van der Waals surface area contributed by atoms with Crippen LogP contribution in [0.5, 0.6) is 5.75 Å². The lowest BCUT2D eigenvalue weighted by Gasteiger charge is -2.14. The molecule has 1 aromatic heterocycles. The fourth-order valence-electron chi connectivity index (χ4n) is 1.70. The number of nitrogens with two attached hydrogens (primary N) is 1. The van der Waals surface area contributed by atoms with Crippen LogP contribution in [-0.2, 0) is 0 Å². The first-order valence-corrected chi connectivity index (χ1v) is 6.41. The molecule has 1 atom stereocenters. The van der Waals surface area contributed by atoms with Crippen LogP contribution in [0.3, 0.4) is 0 Å². The third kappa shape index (κ3) is 3.31. The predicted molar refractivity (Wildman–Crippen MR) is 70.5 cm³/mol. The van der Waals surface area contributed by atoms with Gasteiger partial charge in [-0.1, -0.05) is 0 Å². The molecule has 0 aliphatic heterocycles. The van der Waals surface area contributed by atoms with Gasteiger partial charge in [-0.05, 0) is 41.1 Å². The van der Waals surface area contributed by atoms with E-state index >= 15 is 0 Å². The normalized spacial score (nSPS) is 13.3. The Morgan fingerprint density at radius 3 is 2.65 bits per heavy atom. The zero-order valence-electron chi connectivity index (χ0n) is 10.4. The lowest BCUT2D eigenvalue weighted by molar-refractivity contribution is -0.274. The summed E-state index contributed by atoms with van der Waals surface area (Å²) in [6, 6.07) is 3.99. The van der Waals surface area contributed by atoms with Crippen LogP contribution in [0.1, 0.15) is 18.7 Å². The van der Waals surface area contributed by atoms with Crippen molar-refractivity contribution >= 4 is 15.9 Å². The molecule has 2 rings (SSSR count). The average Bonchev–Trinajstić information content (AvgIpc) is 2.79. The Balaban J connectivity index is 2.36. The van der Waals surface area contributed by atoms with Gasteiger partial charge in [-0.15, -0.1) is 13.2 Å². The second-order valence-corrected chi connectivity index (χ2v) is 4.99. The van der Waals surface area contributed by atoms with E-state index in [4.69, 9.17) is 5.73 Å². The fourth-order valence-corrected chi connectivity index (χ4v) is 2.15. The van der Waals surface area contributed by atoms with Crippen molar-refractivity contribution in [1.29, 1.82) is 0 Å². The number of aromatic nitrogens is 2. The van der Waals surface area contributed by atoms with Gasteiger partial charge in [0.2, 0.25) is 0 Å². The summed E-state index contributed by atoms with van der Waals surface area (Å²) in [6.45, 7) is 1.80. The van der Waals surface area contributed by atoms with Crippen molar-refractivity contribution in [2.45, 2.75) is 19.3 Å². The first-order valence-electron chi connectivity index (χ1n) is 5.61. The van der Waals surface area contributed by atoms with Gasteiger partial charge in [0, 0.05) is 11.7 Å². The molecule has 2 aromatic rings. The van der Waals surface area contributed by atoms with Crippen LogP contribution in [-0.4, -0.2) is 15.9 Å². The van der Waals surface area contributed by atoms with Crippen molar-refractivity contribution in [3.05, 3.63) is 40.9 Å². The molecule has 8 heteroatoms. The molecule has 0 bridgehead atoms. The Kier molecular flexibility index (Phi) is 4.05. The van der Waals surface area contributed by atoms with Crippen LogP contribution >= 0.6 is 15.9 Å². The van der Waals surface area contributed by atoms with E-state index < -0.39 is 6.36 Å². The summed E-state index contributed by atoms with van der Waals surface area (Å²) >= 11 is 3.06. The van der Waals surface area contributed by atoms with Gasteiger partial charge in [0.25, 0.3) is 0 Å². The van der Waals surface area contributed by atoms with E-state index in [2.05, 4.69) is 25.7 Å². The third-order valence-corrected chi connectivity index (χ3v) is 3.17. The van der Waals surface area contributed by atoms with Crippen molar-refractivity contribution in [2.75, 3.05) is 0 Å². The molecule has 1 heterocycles. The van der Waals surface area contributed by atoms with E-state index in [1.54, 1.807) is 24.0 Å². The molecule has 0 aliphatic rings. The molecule has 0 amide bonds. The minimum atomic E-state index is -4.73. The van der Waals surface area contributed by atoms with Gasteiger partial charge in [-0.3, -0.25) is 0 Å². The largest absolute Gasteiger partial charge is 0.573 e. The van der Waals surface area contributed by atoms with Crippen LogP contribution < -0.4 is 10.5 Å². The molecule has 1 unspecified atom stereocenters. The van der Waals surface area contributed by atoms with Crippen LogP contribution in [0, 0.1) is 0 Å². The molecule has 0 spiro atoms. The zero-order chi connectivity index (χ0) is 14.9. The monoisotopic (exact) mass is 349 g/mol. The summed E-state index contributed by atoms with van der Waals surface area (Å²) in [5, 5.41) is 0. The Morgan fingerprint density at radius 1 is 1.40 bits per heavy atom. The van der Waals surface area contributed by atoms with E-state index in [0.717, 1.165) is 5.69 Å². The minimum absolute atomic E-state index is 0.191. The van der Waals surface area contributed by atoms with Crippen LogP contribution in [0.15, 0.2) is 35.2 Å². The first kappa shape index (κ1) is 14.9. The highest BCUT2D eigenvalue weighted by molar-refractivity contribution is 9.10. The van der Waals surface area contributed by atoms with Gasteiger partial charge in [-0.25, -0.2) is 4.98 Å². The van der Waals surface area contributed by atoms with Gasteiger partial charge >= 0.3 is 6.36 Å². The van der Waals surface area contributed by atoms with Crippen LogP contribution in [0.2, 0.25) is 0 Å². The highest BCUT2D eigenvalue weighted by Crippen LogP contribution is 2.32. The van der Waals surface area contributed by atoms with Crippen molar-refractivity contribution in [2.24, 2.45) is 5.73 Å². The average molecular weight is 350 g/mol. The van der Waals surface area contributed by atoms with E-state index in [-0.39, 0.29) is 16.3 Å². The lowest BCUT2D eigenvalue weighted by atomic mass is 10.2. The molecule has 0 aliphatic carbocycles. The topological polar surface area (TPSA) is 53.1 Å². The summed E-state index contributed by atoms with van der Waals surface area (Å²) < 4.78 is 42.3. The second-order valence-electron chi connectivity index (χ2n) is 4.14. The summed E-state index contributed by atoms with van der Waals surface area (Å²) in [5.74, 6) is -0.302. The van der Waals surface area contributed by atoms with Crippen LogP contribution in [0.4, 0.5) is 13.2 Å². The maximum absolute atomic E-state index is 12.2. The quantitative estimate of drug-likeness (QED) is 0.921. The van der Waals surface area contributed by atoms with Crippen molar-refractivity contribution in [3.8, 4) is 11.4 Å². The van der Waals surface area contributed by atoms with Crippen molar-refractivity contribution < 1.29 is 17.9 Å². The second kappa shape index (κ2) is 5.45. The molecule has 0 radical (unpaired) electrons. The number of benzene rings is 1. The van der Waals surface area contributed by atoms with E-state index in [1.807, 2.05) is 0 Å². The van der Waals surface area contributed by atoms with E-state index in [0.29, 0.717) is 5.69 Å². The molecule has 0 saturated heterocycles. The highest BCUT2D eigenvalue weighted by atomic mass is 79.9. The third-order valence-electron chi connectivity index (χ3n) is 2.55. The molecule has 0 fully saturated rings. The molecule has 20 heavy (non-hydrogen) atoms. The number of hydrogen-bond donors (Lipinski definition) is 1. The number of rotatable bonds is 3. The lowest BCUT2D eigenvalue weighted by Crippen LogP contribution is -2.17. The summed E-state index contributed by atoms with van der Waals surface area (Å²) in [6.07, 6.45) is -1.57. The molecular weight excluding hydrogens is 339 g/mol. The Bertz CT molecular complexity index is 610. The number of nitrogens with zero attached hydrogens (tertiary/aromatic N) is 2. The number of hydrogen-bond acceptors (Lipinski definition) is 3. The highest BCUT2D eigenvalue weighted by Gasteiger charge is 2.32. The first-order chi connectivity index (χ1) is 9.28. The van der Waals surface area contributed by atoms with E-state index in [9.17, 15) is 13.2 Å². The SMILES string of the molecule is CC(N)c1cncn1-c1ccc(OC(F)(F)F)c(Br)c1. The van der Waals surface area contributed by atoms with Crippen LogP contribution in [0.25, 0.3) is 5.69 Å². The molecule has 108 valence electrons. The Hall–Kier alpha value is -1.54. The summed E-state index contributed by atoms with van der Waals surface area (Å²) in [4.78, 5) is 3.99. The smallest absolute Gasteiger partial charge is 0.405 e. The van der Waals surface area contributed by atoms with Crippen molar-refractivity contribution in [3.63, 3.8) is 0 Å². The molecule has 0 saturated carbocycles. The van der Waals surface area contributed by atoms with Gasteiger partial charge in [0.05, 0.1) is 22.7 Å². The minimum Gasteiger partial charge on any atom is -0.405 e. The summed E-state index contributed by atoms with van der Waals surface area (Å²) in [5.41, 5.74) is 7.19. The molecule has 2 N–H and O–H groups in total. The molecular formula is C12H11BrF3N3O. The van der Waals surface area contributed by atoms with Gasteiger partial charge < -0.3 is 15.0 Å². The Labute approximate surface area is 121 Å². The number of halogens is 4. The molecule has 1 aromatic carbocycles. The molecule has 4 nitrogen and oxygen atoms in total. The predicted octanol–water partition coefficient (Wildman–Crippen LogP) is 3.55. The number of ether oxygens (including phenoxy) is 1. The van der Waals surface area contributed by atoms with Gasteiger partial charge in [0.1, 0.15) is 5.75 Å². The van der Waals surface area contributed by atoms with E-state index in [1.165, 1.54) is 18.2 Å². The maximum Gasteiger partial charge on any atom is 0.573 e. The fraction of sp³-hybridized carbons (Fsp3) is 0.250. The standard InChI is InChI=1S/C12H11BrF3N3O/c1-7(17)10-5-18-6-19(10)8-2-3-11(9(13)4-8)20-12(14,15)16/h2-7H,17H2,1H3. The maximum atomic E-state index is 12.2. The zero-order valence-corrected chi connectivity index (χ0v) is 11.9. The van der Waals surface area contributed by atoms with Gasteiger partial charge in [0.15, 0.2) is 0 Å².